The lowest BCUT2D eigenvalue weighted by Gasteiger charge is -1.91. The van der Waals surface area contributed by atoms with E-state index < -0.39 is 0 Å². The lowest BCUT2D eigenvalue weighted by molar-refractivity contribution is 0.829. The van der Waals surface area contributed by atoms with Crippen LogP contribution >= 0.6 is 0 Å². The summed E-state index contributed by atoms with van der Waals surface area (Å²) < 4.78 is 1.58. The zero-order valence-corrected chi connectivity index (χ0v) is 5.73. The molecule has 0 atom stereocenters. The predicted molar refractivity (Wildman–Crippen MR) is 40.1 cm³/mol. The fraction of sp³-hybridized carbons (Fsp3) is 0. The van der Waals surface area contributed by atoms with Gasteiger partial charge in [0, 0.05) is 24.7 Å². The van der Waals surface area contributed by atoms with Crippen LogP contribution in [-0.2, 0) is 0 Å². The molecular formula is C6H7N5. The average molecular weight is 149 g/mol. The molecule has 0 aliphatic heterocycles. The van der Waals surface area contributed by atoms with Crippen LogP contribution in [0.15, 0.2) is 24.7 Å². The van der Waals surface area contributed by atoms with Crippen molar-refractivity contribution in [3.63, 3.8) is 0 Å². The van der Waals surface area contributed by atoms with E-state index in [1.165, 1.54) is 0 Å². The van der Waals surface area contributed by atoms with Gasteiger partial charge in [0.25, 0.3) is 0 Å². The van der Waals surface area contributed by atoms with E-state index >= 15 is 0 Å². The fourth-order valence-corrected chi connectivity index (χ4v) is 0.838. The average Bonchev–Trinajstić information content (AvgIpc) is 2.55. The molecule has 2 aromatic heterocycles. The topological polar surface area (TPSA) is 72.5 Å². The van der Waals surface area contributed by atoms with E-state index in [-0.39, 0.29) is 0 Å². The number of imidazole rings is 1. The van der Waals surface area contributed by atoms with E-state index in [1.54, 1.807) is 29.3 Å². The Labute approximate surface area is 62.9 Å². The molecule has 0 aliphatic carbocycles. The van der Waals surface area contributed by atoms with Crippen molar-refractivity contribution >= 4 is 5.82 Å². The molecule has 0 saturated heterocycles. The molecule has 0 unspecified atom stereocenters. The molecule has 5 nitrogen and oxygen atoms in total. The van der Waals surface area contributed by atoms with Crippen molar-refractivity contribution in [3.8, 4) is 5.95 Å². The SMILES string of the molecule is Nc1ccn(-c2ncc[nH]2)n1. The maximum atomic E-state index is 5.41. The minimum absolute atomic E-state index is 0.487. The van der Waals surface area contributed by atoms with Gasteiger partial charge in [0.2, 0.25) is 5.95 Å². The number of nitrogens with two attached hydrogens (primary N) is 1. The Hall–Kier alpha value is -1.78. The monoisotopic (exact) mass is 149 g/mol. The van der Waals surface area contributed by atoms with Crippen molar-refractivity contribution in [2.45, 2.75) is 0 Å². The van der Waals surface area contributed by atoms with Crippen LogP contribution in [0, 0.1) is 0 Å². The third-order valence-corrected chi connectivity index (χ3v) is 1.31. The summed E-state index contributed by atoms with van der Waals surface area (Å²) in [6.07, 6.45) is 5.13. The van der Waals surface area contributed by atoms with E-state index in [9.17, 15) is 0 Å². The Bertz CT molecular complexity index is 333. The van der Waals surface area contributed by atoms with Gasteiger partial charge in [-0.25, -0.2) is 9.67 Å². The Morgan fingerprint density at radius 1 is 1.55 bits per heavy atom. The van der Waals surface area contributed by atoms with Gasteiger partial charge in [0.1, 0.15) is 5.82 Å². The van der Waals surface area contributed by atoms with Crippen molar-refractivity contribution in [2.24, 2.45) is 0 Å². The van der Waals surface area contributed by atoms with Crippen LogP contribution in [0.4, 0.5) is 5.82 Å². The molecule has 0 aromatic carbocycles. The lowest BCUT2D eigenvalue weighted by atomic mass is 10.7. The molecule has 5 heteroatoms. The Balaban J connectivity index is 2.45. The number of anilines is 1. The molecule has 0 fully saturated rings. The molecule has 0 aliphatic rings. The van der Waals surface area contributed by atoms with Gasteiger partial charge in [0.05, 0.1) is 0 Å². The Kier molecular flexibility index (Phi) is 1.15. The molecular weight excluding hydrogens is 142 g/mol. The first-order chi connectivity index (χ1) is 5.36. The van der Waals surface area contributed by atoms with E-state index in [0.29, 0.717) is 11.8 Å². The fourth-order valence-electron chi connectivity index (χ4n) is 0.838. The molecule has 2 heterocycles. The molecule has 0 radical (unpaired) electrons. The number of nitrogen functional groups attached to an aromatic ring is 1. The molecule has 11 heavy (non-hydrogen) atoms. The number of nitrogens with one attached hydrogen (secondary N) is 1. The third-order valence-electron chi connectivity index (χ3n) is 1.31. The van der Waals surface area contributed by atoms with Crippen molar-refractivity contribution in [1.82, 2.24) is 19.7 Å². The first-order valence-corrected chi connectivity index (χ1v) is 3.17. The van der Waals surface area contributed by atoms with Gasteiger partial charge in [0.15, 0.2) is 0 Å². The zero-order chi connectivity index (χ0) is 7.68. The summed E-state index contributed by atoms with van der Waals surface area (Å²) in [6.45, 7) is 0. The van der Waals surface area contributed by atoms with Crippen LogP contribution in [0.1, 0.15) is 0 Å². The van der Waals surface area contributed by atoms with E-state index in [0.717, 1.165) is 0 Å². The number of rotatable bonds is 1. The highest BCUT2D eigenvalue weighted by atomic mass is 15.4. The zero-order valence-electron chi connectivity index (χ0n) is 5.73. The van der Waals surface area contributed by atoms with Gasteiger partial charge in [-0.3, -0.25) is 0 Å². The van der Waals surface area contributed by atoms with Crippen LogP contribution in [0.5, 0.6) is 0 Å². The maximum absolute atomic E-state index is 5.41. The first-order valence-electron chi connectivity index (χ1n) is 3.17. The van der Waals surface area contributed by atoms with E-state index in [2.05, 4.69) is 15.1 Å². The summed E-state index contributed by atoms with van der Waals surface area (Å²) in [6, 6.07) is 1.71. The van der Waals surface area contributed by atoms with Crippen molar-refractivity contribution in [2.75, 3.05) is 5.73 Å². The number of aromatic amines is 1. The molecule has 0 amide bonds. The standard InChI is InChI=1S/C6H7N5/c7-5-1-4-11(10-5)6-8-2-3-9-6/h1-4H,(H2,7,10)(H,8,9). The second-order valence-corrected chi connectivity index (χ2v) is 2.10. The highest BCUT2D eigenvalue weighted by Gasteiger charge is 1.97. The molecule has 0 spiro atoms. The molecule has 0 bridgehead atoms. The summed E-state index contributed by atoms with van der Waals surface area (Å²) in [4.78, 5) is 6.89. The number of nitrogens with zero attached hydrogens (tertiary/aromatic N) is 3. The Morgan fingerprint density at radius 2 is 2.45 bits per heavy atom. The summed E-state index contributed by atoms with van der Waals surface area (Å²) in [7, 11) is 0. The number of aromatic nitrogens is 4. The van der Waals surface area contributed by atoms with Crippen LogP contribution in [0.2, 0.25) is 0 Å². The summed E-state index contributed by atoms with van der Waals surface area (Å²) in [5.74, 6) is 1.16. The highest BCUT2D eigenvalue weighted by Crippen LogP contribution is 2.00. The predicted octanol–water partition coefficient (Wildman–Crippen LogP) is 0.178. The second-order valence-electron chi connectivity index (χ2n) is 2.10. The third kappa shape index (κ3) is 0.958. The molecule has 3 N–H and O–H groups in total. The van der Waals surface area contributed by atoms with Crippen molar-refractivity contribution < 1.29 is 0 Å². The maximum Gasteiger partial charge on any atom is 0.228 e. The molecule has 56 valence electrons. The van der Waals surface area contributed by atoms with E-state index in [4.69, 9.17) is 5.73 Å². The summed E-state index contributed by atoms with van der Waals surface area (Å²) >= 11 is 0. The van der Waals surface area contributed by atoms with Gasteiger partial charge in [-0.1, -0.05) is 0 Å². The molecule has 2 rings (SSSR count). The normalized spacial score (nSPS) is 10.2. The van der Waals surface area contributed by atoms with Crippen molar-refractivity contribution in [1.29, 1.82) is 0 Å². The van der Waals surface area contributed by atoms with Gasteiger partial charge >= 0.3 is 0 Å². The lowest BCUT2D eigenvalue weighted by Crippen LogP contribution is -1.97. The van der Waals surface area contributed by atoms with Crippen LogP contribution < -0.4 is 5.73 Å². The Morgan fingerprint density at radius 3 is 3.00 bits per heavy atom. The highest BCUT2D eigenvalue weighted by molar-refractivity contribution is 5.26. The van der Waals surface area contributed by atoms with E-state index in [1.807, 2.05) is 0 Å². The van der Waals surface area contributed by atoms with Crippen molar-refractivity contribution in [3.05, 3.63) is 24.7 Å². The van der Waals surface area contributed by atoms with Gasteiger partial charge in [-0.05, 0) is 0 Å². The van der Waals surface area contributed by atoms with Gasteiger partial charge in [-0.15, -0.1) is 5.10 Å². The quantitative estimate of drug-likeness (QED) is 0.607. The van der Waals surface area contributed by atoms with Gasteiger partial charge < -0.3 is 10.7 Å². The van der Waals surface area contributed by atoms with Crippen LogP contribution in [0.25, 0.3) is 5.95 Å². The molecule has 2 aromatic rings. The van der Waals surface area contributed by atoms with Crippen LogP contribution in [0.3, 0.4) is 0 Å². The molecule has 0 saturated carbocycles. The number of H-pyrrole nitrogens is 1. The largest absolute Gasteiger partial charge is 0.382 e. The van der Waals surface area contributed by atoms with Crippen LogP contribution in [-0.4, -0.2) is 19.7 Å². The smallest absolute Gasteiger partial charge is 0.228 e. The minimum Gasteiger partial charge on any atom is -0.382 e. The summed E-state index contributed by atoms with van der Waals surface area (Å²) in [5.41, 5.74) is 5.41. The van der Waals surface area contributed by atoms with Gasteiger partial charge in [-0.2, -0.15) is 0 Å². The minimum atomic E-state index is 0.487. The number of hydrogen-bond acceptors (Lipinski definition) is 3. The first kappa shape index (κ1) is 5.96. The second kappa shape index (κ2) is 2.12. The number of hydrogen-bond donors (Lipinski definition) is 2. The summed E-state index contributed by atoms with van der Waals surface area (Å²) in [5, 5.41) is 3.95.